The number of benzene rings is 1. The number of fused-ring (bicyclic) bond motifs is 1. The molecular formula is C11H13Br. The molecule has 1 aromatic rings. The lowest BCUT2D eigenvalue weighted by Crippen LogP contribution is -1.91. The van der Waals surface area contributed by atoms with Crippen LogP contribution < -0.4 is 0 Å². The fourth-order valence-electron chi connectivity index (χ4n) is 1.91. The Labute approximate surface area is 82.1 Å². The Kier molecular flexibility index (Phi) is 2.50. The van der Waals surface area contributed by atoms with Crippen molar-refractivity contribution in [2.24, 2.45) is 0 Å². The first-order valence-electron chi connectivity index (χ1n) is 4.64. The van der Waals surface area contributed by atoms with E-state index in [0.717, 1.165) is 0 Å². The third-order valence-electron chi connectivity index (χ3n) is 2.59. The highest BCUT2D eigenvalue weighted by atomic mass is 79.9. The van der Waals surface area contributed by atoms with Gasteiger partial charge in [-0.25, -0.2) is 0 Å². The summed E-state index contributed by atoms with van der Waals surface area (Å²) in [7, 11) is 0. The molecule has 2 rings (SSSR count). The van der Waals surface area contributed by atoms with Gasteiger partial charge in [-0.15, -0.1) is 0 Å². The molecule has 1 aromatic carbocycles. The van der Waals surface area contributed by atoms with Gasteiger partial charge >= 0.3 is 0 Å². The van der Waals surface area contributed by atoms with Gasteiger partial charge in [-0.1, -0.05) is 34.5 Å². The van der Waals surface area contributed by atoms with Crippen molar-refractivity contribution in [1.29, 1.82) is 0 Å². The van der Waals surface area contributed by atoms with Crippen LogP contribution in [0.15, 0.2) is 22.7 Å². The Balaban J connectivity index is 2.42. The molecule has 0 fully saturated rings. The van der Waals surface area contributed by atoms with E-state index >= 15 is 0 Å². The number of aryl methyl sites for hydroxylation is 1. The van der Waals surface area contributed by atoms with E-state index in [9.17, 15) is 0 Å². The van der Waals surface area contributed by atoms with Crippen molar-refractivity contribution in [3.8, 4) is 0 Å². The first-order valence-corrected chi connectivity index (χ1v) is 5.43. The first kappa shape index (κ1) is 8.31. The van der Waals surface area contributed by atoms with E-state index in [1.165, 1.54) is 36.6 Å². The van der Waals surface area contributed by atoms with Gasteiger partial charge in [-0.3, -0.25) is 0 Å². The van der Waals surface area contributed by atoms with Gasteiger partial charge in [0.2, 0.25) is 0 Å². The lowest BCUT2D eigenvalue weighted by atomic mass is 10.0. The summed E-state index contributed by atoms with van der Waals surface area (Å²) in [5, 5.41) is 0. The van der Waals surface area contributed by atoms with E-state index in [1.54, 1.807) is 11.1 Å². The van der Waals surface area contributed by atoms with Crippen molar-refractivity contribution in [2.75, 3.05) is 0 Å². The number of halogens is 1. The van der Waals surface area contributed by atoms with Gasteiger partial charge in [0.05, 0.1) is 0 Å². The maximum Gasteiger partial charge on any atom is 0.0210 e. The zero-order chi connectivity index (χ0) is 8.39. The van der Waals surface area contributed by atoms with Gasteiger partial charge in [0.15, 0.2) is 0 Å². The van der Waals surface area contributed by atoms with Gasteiger partial charge in [-0.2, -0.15) is 0 Å². The van der Waals surface area contributed by atoms with Crippen LogP contribution in [0.4, 0.5) is 0 Å². The van der Waals surface area contributed by atoms with E-state index < -0.39 is 0 Å². The van der Waals surface area contributed by atoms with Gasteiger partial charge in [0.25, 0.3) is 0 Å². The second kappa shape index (κ2) is 3.61. The van der Waals surface area contributed by atoms with Crippen molar-refractivity contribution in [3.63, 3.8) is 0 Å². The van der Waals surface area contributed by atoms with Crippen molar-refractivity contribution in [2.45, 2.75) is 32.1 Å². The maximum absolute atomic E-state index is 3.62. The van der Waals surface area contributed by atoms with Crippen molar-refractivity contribution >= 4 is 15.9 Å². The van der Waals surface area contributed by atoms with Crippen molar-refractivity contribution < 1.29 is 0 Å². The van der Waals surface area contributed by atoms with Gasteiger partial charge < -0.3 is 0 Å². The highest BCUT2D eigenvalue weighted by molar-refractivity contribution is 9.10. The molecule has 12 heavy (non-hydrogen) atoms. The van der Waals surface area contributed by atoms with Gasteiger partial charge in [0, 0.05) is 4.47 Å². The summed E-state index contributed by atoms with van der Waals surface area (Å²) in [5.41, 5.74) is 3.11. The minimum Gasteiger partial charge on any atom is -0.0609 e. The van der Waals surface area contributed by atoms with Crippen LogP contribution in [0.25, 0.3) is 0 Å². The molecule has 0 aliphatic heterocycles. The van der Waals surface area contributed by atoms with Crippen molar-refractivity contribution in [3.05, 3.63) is 33.8 Å². The summed E-state index contributed by atoms with van der Waals surface area (Å²) in [6, 6.07) is 6.57. The second-order valence-electron chi connectivity index (χ2n) is 3.44. The molecule has 0 aromatic heterocycles. The monoisotopic (exact) mass is 224 g/mol. The van der Waals surface area contributed by atoms with Crippen LogP contribution >= 0.6 is 15.9 Å². The number of hydrogen-bond acceptors (Lipinski definition) is 0. The summed E-state index contributed by atoms with van der Waals surface area (Å²) in [6.45, 7) is 0. The Morgan fingerprint density at radius 3 is 2.75 bits per heavy atom. The summed E-state index contributed by atoms with van der Waals surface area (Å²) in [6.07, 6.45) is 6.64. The molecule has 0 saturated heterocycles. The smallest absolute Gasteiger partial charge is 0.0210 e. The van der Waals surface area contributed by atoms with Crippen LogP contribution in [0.3, 0.4) is 0 Å². The molecule has 0 amide bonds. The minimum atomic E-state index is 1.26. The van der Waals surface area contributed by atoms with E-state index in [0.29, 0.717) is 0 Å². The Hall–Kier alpha value is -0.300. The molecule has 0 N–H and O–H groups in total. The second-order valence-corrected chi connectivity index (χ2v) is 4.29. The van der Waals surface area contributed by atoms with E-state index in [2.05, 4.69) is 34.1 Å². The highest BCUT2D eigenvalue weighted by Crippen LogP contribution is 2.26. The molecule has 1 heteroatoms. The minimum absolute atomic E-state index is 1.26. The average molecular weight is 225 g/mol. The zero-order valence-corrected chi connectivity index (χ0v) is 8.73. The van der Waals surface area contributed by atoms with Crippen LogP contribution in [-0.4, -0.2) is 0 Å². The van der Waals surface area contributed by atoms with E-state index in [4.69, 9.17) is 0 Å². The summed E-state index contributed by atoms with van der Waals surface area (Å²) >= 11 is 3.62. The third kappa shape index (κ3) is 1.56. The summed E-state index contributed by atoms with van der Waals surface area (Å²) in [5.74, 6) is 0. The predicted molar refractivity (Wildman–Crippen MR) is 55.4 cm³/mol. The van der Waals surface area contributed by atoms with Crippen LogP contribution in [-0.2, 0) is 12.8 Å². The molecule has 64 valence electrons. The Morgan fingerprint density at radius 2 is 1.83 bits per heavy atom. The predicted octanol–water partition coefficient (Wildman–Crippen LogP) is 3.72. The molecule has 0 heterocycles. The van der Waals surface area contributed by atoms with Crippen LogP contribution in [0.5, 0.6) is 0 Å². The van der Waals surface area contributed by atoms with Crippen molar-refractivity contribution in [1.82, 2.24) is 0 Å². The van der Waals surface area contributed by atoms with E-state index in [-0.39, 0.29) is 0 Å². The molecule has 1 aliphatic carbocycles. The van der Waals surface area contributed by atoms with Gasteiger partial charge in [0.1, 0.15) is 0 Å². The quantitative estimate of drug-likeness (QED) is 0.590. The fraction of sp³-hybridized carbons (Fsp3) is 0.455. The molecule has 0 spiro atoms. The molecule has 0 atom stereocenters. The number of rotatable bonds is 0. The molecular weight excluding hydrogens is 212 g/mol. The lowest BCUT2D eigenvalue weighted by molar-refractivity contribution is 0.711. The summed E-state index contributed by atoms with van der Waals surface area (Å²) in [4.78, 5) is 0. The molecule has 1 aliphatic rings. The normalized spacial score (nSPS) is 16.8. The first-order chi connectivity index (χ1) is 5.88. The van der Waals surface area contributed by atoms with Crippen LogP contribution in [0.1, 0.15) is 30.4 Å². The number of hydrogen-bond donors (Lipinski definition) is 0. The topological polar surface area (TPSA) is 0 Å². The Morgan fingerprint density at radius 1 is 1.00 bits per heavy atom. The molecule has 0 unspecified atom stereocenters. The highest BCUT2D eigenvalue weighted by Gasteiger charge is 2.09. The van der Waals surface area contributed by atoms with Gasteiger partial charge in [-0.05, 0) is 42.9 Å². The molecule has 0 radical (unpaired) electrons. The molecule has 0 nitrogen and oxygen atoms in total. The third-order valence-corrected chi connectivity index (χ3v) is 3.33. The molecule has 0 bridgehead atoms. The van der Waals surface area contributed by atoms with E-state index in [1.807, 2.05) is 0 Å². The fourth-order valence-corrected chi connectivity index (χ4v) is 2.52. The average Bonchev–Trinajstić information content (AvgIpc) is 2.30. The lowest BCUT2D eigenvalue weighted by Gasteiger charge is -2.06. The zero-order valence-electron chi connectivity index (χ0n) is 7.15. The summed E-state index contributed by atoms with van der Waals surface area (Å²) < 4.78 is 1.31. The standard InChI is InChI=1S/C11H13Br/c12-11-8-4-6-9-5-2-1-3-7-10(9)11/h4,6,8H,1-3,5,7H2. The maximum atomic E-state index is 3.62. The SMILES string of the molecule is Brc1cccc2c1CCCCC2. The Bertz CT molecular complexity index is 278. The largest absolute Gasteiger partial charge is 0.0609 e. The van der Waals surface area contributed by atoms with Crippen LogP contribution in [0.2, 0.25) is 0 Å². The molecule has 0 saturated carbocycles. The van der Waals surface area contributed by atoms with Crippen LogP contribution in [0, 0.1) is 0 Å².